The van der Waals surface area contributed by atoms with Crippen LogP contribution in [-0.4, -0.2) is 78.8 Å². The third-order valence-electron chi connectivity index (χ3n) is 8.06. The van der Waals surface area contributed by atoms with Crippen LogP contribution in [-0.2, 0) is 14.3 Å². The number of rotatable bonds is 7. The largest absolute Gasteiger partial charge is 0.466 e. The van der Waals surface area contributed by atoms with Crippen molar-refractivity contribution < 1.29 is 32.6 Å². The van der Waals surface area contributed by atoms with Crippen molar-refractivity contribution in [2.75, 3.05) is 33.9 Å². The van der Waals surface area contributed by atoms with E-state index in [-0.39, 0.29) is 29.5 Å². The number of aromatic nitrogens is 1. The minimum absolute atomic E-state index is 0.0304. The second-order valence-electron chi connectivity index (χ2n) is 10.6. The zero-order chi connectivity index (χ0) is 29.1. The summed E-state index contributed by atoms with van der Waals surface area (Å²) in [5.41, 5.74) is 1.11. The smallest absolute Gasteiger partial charge is 0.338 e. The molecule has 0 bridgehead atoms. The van der Waals surface area contributed by atoms with Crippen LogP contribution in [0.3, 0.4) is 0 Å². The Kier molecular flexibility index (Phi) is 8.60. The normalized spacial score (nSPS) is 23.6. The highest BCUT2D eigenvalue weighted by Crippen LogP contribution is 2.37. The number of pyridine rings is 1. The number of esters is 1. The van der Waals surface area contributed by atoms with Crippen molar-refractivity contribution in [3.05, 3.63) is 76.8 Å². The fourth-order valence-corrected chi connectivity index (χ4v) is 5.98. The number of carbonyl (C=O) groups excluding carboxylic acids is 3. The van der Waals surface area contributed by atoms with E-state index in [1.807, 2.05) is 18.3 Å². The quantitative estimate of drug-likeness (QED) is 0.490. The Hall–Kier alpha value is -3.90. The second-order valence-corrected chi connectivity index (χ2v) is 10.6. The number of urea groups is 2. The van der Waals surface area contributed by atoms with Crippen LogP contribution >= 0.6 is 0 Å². The van der Waals surface area contributed by atoms with Gasteiger partial charge in [-0.05, 0) is 55.5 Å². The number of benzene rings is 1. The lowest BCUT2D eigenvalue weighted by atomic mass is 9.82. The third-order valence-corrected chi connectivity index (χ3v) is 8.06. The van der Waals surface area contributed by atoms with Crippen molar-refractivity contribution >= 4 is 18.0 Å². The second kappa shape index (κ2) is 12.3. The molecule has 41 heavy (non-hydrogen) atoms. The van der Waals surface area contributed by atoms with E-state index in [9.17, 15) is 23.2 Å². The van der Waals surface area contributed by atoms with Crippen LogP contribution < -0.4 is 10.6 Å². The number of halogens is 2. The maximum Gasteiger partial charge on any atom is 0.338 e. The van der Waals surface area contributed by atoms with Crippen LogP contribution in [0.2, 0.25) is 0 Å². The molecular formula is C29H33F2N5O5. The summed E-state index contributed by atoms with van der Waals surface area (Å²) in [7, 11) is 2.52. The Bertz CT molecular complexity index is 1330. The predicted octanol–water partition coefficient (Wildman–Crippen LogP) is 3.62. The van der Waals surface area contributed by atoms with Gasteiger partial charge in [0, 0.05) is 44.0 Å². The highest BCUT2D eigenvalue weighted by atomic mass is 19.2. The standard InChI is InChI=1S/C29H33F2N5O5/c1-40-16-24-25(27(37)41-2)26(18-8-11-21(30)22(31)13-18)36(29(39)34-24)28(38)33-19-14-35(15-19)20-9-6-17(7-10-20)23-5-3-4-12-32-23/h3-5,8,11-13,17,19-20,26H,6-7,9-10,14-16H2,1-2H3,(H,33,38)(H,34,39). The van der Waals surface area contributed by atoms with Crippen LogP contribution in [0.1, 0.15) is 48.9 Å². The number of ether oxygens (including phenoxy) is 2. The Labute approximate surface area is 236 Å². The van der Waals surface area contributed by atoms with Crippen LogP contribution in [0.15, 0.2) is 53.9 Å². The van der Waals surface area contributed by atoms with Crippen molar-refractivity contribution in [1.82, 2.24) is 25.4 Å². The van der Waals surface area contributed by atoms with E-state index < -0.39 is 35.7 Å². The summed E-state index contributed by atoms with van der Waals surface area (Å²) in [6.07, 6.45) is 5.98. The van der Waals surface area contributed by atoms with E-state index in [0.29, 0.717) is 25.0 Å². The van der Waals surface area contributed by atoms with Gasteiger partial charge in [-0.1, -0.05) is 12.1 Å². The van der Waals surface area contributed by atoms with Gasteiger partial charge in [0.2, 0.25) is 0 Å². The number of methoxy groups -OCH3 is 2. The highest BCUT2D eigenvalue weighted by Gasteiger charge is 2.45. The molecule has 3 heterocycles. The Morgan fingerprint density at radius 2 is 1.83 bits per heavy atom. The molecule has 4 amide bonds. The number of nitrogens with one attached hydrogen (secondary N) is 2. The molecule has 2 fully saturated rings. The number of hydrogen-bond donors (Lipinski definition) is 2. The molecule has 2 N–H and O–H groups in total. The molecule has 2 aromatic rings. The lowest BCUT2D eigenvalue weighted by molar-refractivity contribution is -0.137. The first kappa shape index (κ1) is 28.6. The van der Waals surface area contributed by atoms with E-state index in [2.05, 4.69) is 26.6 Å². The average molecular weight is 570 g/mol. The van der Waals surface area contributed by atoms with Crippen molar-refractivity contribution in [2.45, 2.75) is 49.7 Å². The molecule has 1 saturated heterocycles. The first-order valence-electron chi connectivity index (χ1n) is 13.6. The summed E-state index contributed by atoms with van der Waals surface area (Å²) in [5, 5.41) is 5.39. The maximum atomic E-state index is 14.3. The van der Waals surface area contributed by atoms with Gasteiger partial charge in [0.1, 0.15) is 6.04 Å². The molecular weight excluding hydrogens is 536 g/mol. The Balaban J connectivity index is 1.28. The monoisotopic (exact) mass is 569 g/mol. The molecule has 5 rings (SSSR count). The molecule has 10 nitrogen and oxygen atoms in total. The summed E-state index contributed by atoms with van der Waals surface area (Å²) in [4.78, 5) is 47.2. The first-order valence-corrected chi connectivity index (χ1v) is 13.6. The van der Waals surface area contributed by atoms with Crippen LogP contribution in [0, 0.1) is 11.6 Å². The van der Waals surface area contributed by atoms with Crippen molar-refractivity contribution in [2.24, 2.45) is 0 Å². The predicted molar refractivity (Wildman–Crippen MR) is 144 cm³/mol. The lowest BCUT2D eigenvalue weighted by Gasteiger charge is -2.47. The molecule has 2 aliphatic heterocycles. The average Bonchev–Trinajstić information content (AvgIpc) is 2.96. The van der Waals surface area contributed by atoms with Gasteiger partial charge in [-0.3, -0.25) is 9.88 Å². The topological polar surface area (TPSA) is 113 Å². The van der Waals surface area contributed by atoms with Gasteiger partial charge < -0.3 is 20.1 Å². The SMILES string of the molecule is COCC1=C(C(=O)OC)C(c2ccc(F)c(F)c2)N(C(=O)NC2CN(C3CCC(c4ccccn4)CC3)C2)C(=O)N1. The van der Waals surface area contributed by atoms with E-state index in [4.69, 9.17) is 9.47 Å². The van der Waals surface area contributed by atoms with Crippen LogP contribution in [0.4, 0.5) is 18.4 Å². The summed E-state index contributed by atoms with van der Waals surface area (Å²) >= 11 is 0. The molecule has 3 aliphatic rings. The molecule has 1 saturated carbocycles. The van der Waals surface area contributed by atoms with Gasteiger partial charge in [-0.25, -0.2) is 28.1 Å². The van der Waals surface area contributed by atoms with E-state index in [1.54, 1.807) is 0 Å². The van der Waals surface area contributed by atoms with E-state index in [1.165, 1.54) is 13.2 Å². The van der Waals surface area contributed by atoms with Gasteiger partial charge in [0.25, 0.3) is 0 Å². The third kappa shape index (κ3) is 5.94. The van der Waals surface area contributed by atoms with E-state index >= 15 is 0 Å². The fourth-order valence-electron chi connectivity index (χ4n) is 5.98. The Morgan fingerprint density at radius 1 is 1.07 bits per heavy atom. The van der Waals surface area contributed by atoms with Crippen LogP contribution in [0.5, 0.6) is 0 Å². The summed E-state index contributed by atoms with van der Waals surface area (Å²) < 4.78 is 38.1. The maximum absolute atomic E-state index is 14.3. The van der Waals surface area contributed by atoms with Crippen molar-refractivity contribution in [1.29, 1.82) is 0 Å². The van der Waals surface area contributed by atoms with E-state index in [0.717, 1.165) is 55.5 Å². The number of hydrogen-bond acceptors (Lipinski definition) is 7. The summed E-state index contributed by atoms with van der Waals surface area (Å²) in [5.74, 6) is -2.68. The Morgan fingerprint density at radius 3 is 2.46 bits per heavy atom. The highest BCUT2D eigenvalue weighted by molar-refractivity contribution is 6.01. The number of nitrogens with zero attached hydrogens (tertiary/aromatic N) is 3. The molecule has 218 valence electrons. The molecule has 1 aromatic heterocycles. The van der Waals surface area contributed by atoms with Gasteiger partial charge in [-0.15, -0.1) is 0 Å². The summed E-state index contributed by atoms with van der Waals surface area (Å²) in [6, 6.07) is 6.19. The van der Waals surface area contributed by atoms with Gasteiger partial charge >= 0.3 is 18.0 Å². The number of likely N-dealkylation sites (tertiary alicyclic amines) is 1. The van der Waals surface area contributed by atoms with Crippen molar-refractivity contribution in [3.8, 4) is 0 Å². The molecule has 0 radical (unpaired) electrons. The number of amides is 4. The molecule has 12 heteroatoms. The van der Waals surface area contributed by atoms with Gasteiger partial charge in [-0.2, -0.15) is 0 Å². The zero-order valence-corrected chi connectivity index (χ0v) is 22.9. The first-order chi connectivity index (χ1) is 19.8. The molecule has 0 spiro atoms. The van der Waals surface area contributed by atoms with Gasteiger partial charge in [0.05, 0.1) is 31.0 Å². The number of carbonyl (C=O) groups is 3. The van der Waals surface area contributed by atoms with Crippen molar-refractivity contribution in [3.63, 3.8) is 0 Å². The summed E-state index contributed by atoms with van der Waals surface area (Å²) in [6.45, 7) is 1.06. The van der Waals surface area contributed by atoms with Crippen LogP contribution in [0.25, 0.3) is 0 Å². The number of imide groups is 1. The minimum Gasteiger partial charge on any atom is -0.466 e. The molecule has 1 unspecified atom stereocenters. The molecule has 1 aromatic carbocycles. The minimum atomic E-state index is -1.37. The zero-order valence-electron chi connectivity index (χ0n) is 22.9. The lowest BCUT2D eigenvalue weighted by Crippen LogP contribution is -2.65. The van der Waals surface area contributed by atoms with Gasteiger partial charge in [0.15, 0.2) is 11.6 Å². The molecule has 1 aliphatic carbocycles. The fraction of sp³-hybridized carbons (Fsp3) is 0.448. The molecule has 1 atom stereocenters.